The molecule has 1 fully saturated rings. The van der Waals surface area contributed by atoms with Crippen LogP contribution in [0.3, 0.4) is 0 Å². The molecule has 0 aromatic heterocycles. The van der Waals surface area contributed by atoms with E-state index in [1.54, 1.807) is 6.92 Å². The van der Waals surface area contributed by atoms with Gasteiger partial charge in [0.25, 0.3) is 0 Å². The number of likely N-dealkylation sites (tertiary alicyclic amines) is 1. The SMILES string of the molecule is CC(C)N1CCCC(CNC(=O)C(C)(N)c2ccccc2)C1.Cl.Cl. The largest absolute Gasteiger partial charge is 0.354 e. The summed E-state index contributed by atoms with van der Waals surface area (Å²) >= 11 is 0. The quantitative estimate of drug-likeness (QED) is 0.831. The molecule has 0 spiro atoms. The lowest BCUT2D eigenvalue weighted by Gasteiger charge is -2.36. The Morgan fingerprint density at radius 2 is 1.96 bits per heavy atom. The second-order valence-electron chi connectivity index (χ2n) is 6.88. The van der Waals surface area contributed by atoms with E-state index in [0.717, 1.165) is 12.1 Å². The minimum Gasteiger partial charge on any atom is -0.354 e. The van der Waals surface area contributed by atoms with E-state index >= 15 is 0 Å². The number of hydrogen-bond acceptors (Lipinski definition) is 3. The number of carbonyl (C=O) groups is 1. The zero-order valence-electron chi connectivity index (χ0n) is 14.8. The van der Waals surface area contributed by atoms with Crippen molar-refractivity contribution in [1.29, 1.82) is 0 Å². The average molecular weight is 376 g/mol. The monoisotopic (exact) mass is 375 g/mol. The van der Waals surface area contributed by atoms with E-state index in [9.17, 15) is 4.79 Å². The highest BCUT2D eigenvalue weighted by atomic mass is 35.5. The lowest BCUT2D eigenvalue weighted by molar-refractivity contribution is -0.126. The van der Waals surface area contributed by atoms with Crippen molar-refractivity contribution in [2.45, 2.75) is 45.2 Å². The lowest BCUT2D eigenvalue weighted by atomic mass is 9.91. The van der Waals surface area contributed by atoms with Crippen LogP contribution in [0.1, 0.15) is 39.2 Å². The molecule has 1 aliphatic rings. The van der Waals surface area contributed by atoms with Crippen molar-refractivity contribution in [2.24, 2.45) is 11.7 Å². The lowest BCUT2D eigenvalue weighted by Crippen LogP contribution is -2.51. The molecule has 138 valence electrons. The molecule has 0 bridgehead atoms. The fraction of sp³-hybridized carbons (Fsp3) is 0.611. The van der Waals surface area contributed by atoms with Gasteiger partial charge in [0.05, 0.1) is 0 Å². The second kappa shape index (κ2) is 10.2. The molecule has 2 unspecified atom stereocenters. The molecule has 2 rings (SSSR count). The third-order valence-electron chi connectivity index (χ3n) is 4.68. The predicted molar refractivity (Wildman–Crippen MR) is 105 cm³/mol. The van der Waals surface area contributed by atoms with Gasteiger partial charge in [-0.15, -0.1) is 24.8 Å². The van der Waals surface area contributed by atoms with Gasteiger partial charge < -0.3 is 16.0 Å². The van der Waals surface area contributed by atoms with Crippen LogP contribution in [-0.2, 0) is 10.3 Å². The molecular formula is C18H31Cl2N3O. The number of halogens is 2. The van der Waals surface area contributed by atoms with Crippen LogP contribution in [0.2, 0.25) is 0 Å². The summed E-state index contributed by atoms with van der Waals surface area (Å²) in [5.74, 6) is 0.423. The highest BCUT2D eigenvalue weighted by Crippen LogP contribution is 2.20. The van der Waals surface area contributed by atoms with Gasteiger partial charge in [-0.25, -0.2) is 0 Å². The molecule has 1 aliphatic heterocycles. The minimum atomic E-state index is -0.979. The molecule has 24 heavy (non-hydrogen) atoms. The summed E-state index contributed by atoms with van der Waals surface area (Å²) < 4.78 is 0. The molecule has 4 nitrogen and oxygen atoms in total. The first kappa shape index (κ1) is 23.2. The second-order valence-corrected chi connectivity index (χ2v) is 6.88. The average Bonchev–Trinajstić information content (AvgIpc) is 2.53. The van der Waals surface area contributed by atoms with E-state index in [1.807, 2.05) is 30.3 Å². The van der Waals surface area contributed by atoms with Crippen LogP contribution in [0.15, 0.2) is 30.3 Å². The number of hydrogen-bond donors (Lipinski definition) is 2. The van der Waals surface area contributed by atoms with Gasteiger partial charge in [0.2, 0.25) is 5.91 Å². The smallest absolute Gasteiger partial charge is 0.244 e. The topological polar surface area (TPSA) is 58.4 Å². The number of nitrogens with one attached hydrogen (secondary N) is 1. The van der Waals surface area contributed by atoms with Crippen LogP contribution in [0, 0.1) is 5.92 Å². The summed E-state index contributed by atoms with van der Waals surface area (Å²) in [7, 11) is 0. The zero-order valence-corrected chi connectivity index (χ0v) is 16.5. The van der Waals surface area contributed by atoms with Gasteiger partial charge in [-0.2, -0.15) is 0 Å². The summed E-state index contributed by atoms with van der Waals surface area (Å²) in [6.07, 6.45) is 2.38. The summed E-state index contributed by atoms with van der Waals surface area (Å²) in [5.41, 5.74) is 6.12. The Balaban J connectivity index is 0.00000264. The summed E-state index contributed by atoms with van der Waals surface area (Å²) in [6, 6.07) is 10.1. The summed E-state index contributed by atoms with van der Waals surface area (Å²) in [6.45, 7) is 9.17. The van der Waals surface area contributed by atoms with Crippen molar-refractivity contribution in [2.75, 3.05) is 19.6 Å². The number of nitrogens with zero attached hydrogens (tertiary/aromatic N) is 1. The predicted octanol–water partition coefficient (Wildman–Crippen LogP) is 2.94. The van der Waals surface area contributed by atoms with E-state index in [-0.39, 0.29) is 30.7 Å². The van der Waals surface area contributed by atoms with Gasteiger partial charge in [0.15, 0.2) is 0 Å². The Kier molecular flexibility index (Phi) is 9.90. The number of benzene rings is 1. The zero-order chi connectivity index (χ0) is 16.2. The van der Waals surface area contributed by atoms with E-state index < -0.39 is 5.54 Å². The van der Waals surface area contributed by atoms with Crippen molar-refractivity contribution in [3.05, 3.63) is 35.9 Å². The first-order valence-electron chi connectivity index (χ1n) is 8.28. The van der Waals surface area contributed by atoms with Gasteiger partial charge in [-0.1, -0.05) is 30.3 Å². The highest BCUT2D eigenvalue weighted by Gasteiger charge is 2.31. The van der Waals surface area contributed by atoms with Crippen LogP contribution < -0.4 is 11.1 Å². The molecule has 2 atom stereocenters. The van der Waals surface area contributed by atoms with E-state index in [4.69, 9.17) is 5.73 Å². The normalized spacial score (nSPS) is 20.5. The number of carbonyl (C=O) groups excluding carboxylic acids is 1. The van der Waals surface area contributed by atoms with Crippen molar-refractivity contribution >= 4 is 30.7 Å². The Labute approximate surface area is 158 Å². The summed E-state index contributed by atoms with van der Waals surface area (Å²) in [5, 5.41) is 3.06. The van der Waals surface area contributed by atoms with Gasteiger partial charge in [0, 0.05) is 19.1 Å². The molecule has 1 amide bonds. The number of rotatable bonds is 5. The molecule has 1 aromatic carbocycles. The maximum atomic E-state index is 12.5. The van der Waals surface area contributed by atoms with Crippen molar-refractivity contribution in [1.82, 2.24) is 10.2 Å². The van der Waals surface area contributed by atoms with E-state index in [2.05, 4.69) is 24.1 Å². The third-order valence-corrected chi connectivity index (χ3v) is 4.68. The number of nitrogens with two attached hydrogens (primary N) is 1. The molecule has 1 saturated heterocycles. The number of piperidine rings is 1. The fourth-order valence-corrected chi connectivity index (χ4v) is 3.07. The molecule has 0 aliphatic carbocycles. The van der Waals surface area contributed by atoms with E-state index in [1.165, 1.54) is 19.4 Å². The van der Waals surface area contributed by atoms with E-state index in [0.29, 0.717) is 18.5 Å². The van der Waals surface area contributed by atoms with Gasteiger partial charge in [0.1, 0.15) is 5.54 Å². The maximum Gasteiger partial charge on any atom is 0.244 e. The van der Waals surface area contributed by atoms with Gasteiger partial charge in [-0.3, -0.25) is 4.79 Å². The summed E-state index contributed by atoms with van der Waals surface area (Å²) in [4.78, 5) is 15.0. The van der Waals surface area contributed by atoms with Crippen LogP contribution in [-0.4, -0.2) is 36.5 Å². The molecule has 1 aromatic rings. The van der Waals surface area contributed by atoms with Crippen LogP contribution in [0.25, 0.3) is 0 Å². The Morgan fingerprint density at radius 1 is 1.33 bits per heavy atom. The third kappa shape index (κ3) is 5.92. The maximum absolute atomic E-state index is 12.5. The van der Waals surface area contributed by atoms with Crippen molar-refractivity contribution < 1.29 is 4.79 Å². The van der Waals surface area contributed by atoms with Crippen LogP contribution in [0.5, 0.6) is 0 Å². The Bertz CT molecular complexity index is 494. The van der Waals surface area contributed by atoms with Crippen molar-refractivity contribution in [3.63, 3.8) is 0 Å². The molecule has 1 heterocycles. The van der Waals surface area contributed by atoms with Crippen molar-refractivity contribution in [3.8, 4) is 0 Å². The standard InChI is InChI=1S/C18H29N3O.2ClH/c1-14(2)21-11-7-8-15(13-21)12-20-17(22)18(3,19)16-9-5-4-6-10-16;;/h4-6,9-10,14-15H,7-8,11-13,19H2,1-3H3,(H,20,22);2*1H. The highest BCUT2D eigenvalue weighted by molar-refractivity contribution is 5.87. The molecule has 3 N–H and O–H groups in total. The Morgan fingerprint density at radius 3 is 2.54 bits per heavy atom. The fourth-order valence-electron chi connectivity index (χ4n) is 3.07. The molecular weight excluding hydrogens is 345 g/mol. The Hall–Kier alpha value is -0.810. The van der Waals surface area contributed by atoms with Crippen LogP contribution >= 0.6 is 24.8 Å². The van der Waals surface area contributed by atoms with Crippen LogP contribution in [0.4, 0.5) is 0 Å². The molecule has 0 radical (unpaired) electrons. The molecule has 0 saturated carbocycles. The molecule has 6 heteroatoms. The minimum absolute atomic E-state index is 0. The van der Waals surface area contributed by atoms with Gasteiger partial charge in [-0.05, 0) is 51.6 Å². The first-order valence-corrected chi connectivity index (χ1v) is 8.28. The number of amides is 1. The van der Waals surface area contributed by atoms with Gasteiger partial charge >= 0.3 is 0 Å². The first-order chi connectivity index (χ1) is 10.4.